The van der Waals surface area contributed by atoms with Crippen LogP contribution >= 0.6 is 15.9 Å². The van der Waals surface area contributed by atoms with Gasteiger partial charge >= 0.3 is 0 Å². The number of nitrogens with two attached hydrogens (primary N) is 1. The largest absolute Gasteiger partial charge is 0.396 e. The zero-order valence-corrected chi connectivity index (χ0v) is 14.8. The maximum atomic E-state index is 11.2. The number of aromatic nitrogens is 2. The van der Waals surface area contributed by atoms with Crippen molar-refractivity contribution < 1.29 is 13.5 Å². The van der Waals surface area contributed by atoms with Crippen LogP contribution in [0.2, 0.25) is 0 Å². The molecule has 0 aliphatic rings. The average molecular weight is 401 g/mol. The maximum Gasteiger partial charge on any atom is 0.238 e. The van der Waals surface area contributed by atoms with E-state index in [4.69, 9.17) is 10.2 Å². The van der Waals surface area contributed by atoms with Crippen LogP contribution in [-0.4, -0.2) is 30.1 Å². The minimum Gasteiger partial charge on any atom is -0.396 e. The molecule has 2 rings (SSSR count). The average Bonchev–Trinajstić information content (AvgIpc) is 2.50. The van der Waals surface area contributed by atoms with Gasteiger partial charge in [0.25, 0.3) is 0 Å². The van der Waals surface area contributed by atoms with Gasteiger partial charge in [-0.2, -0.15) is 0 Å². The summed E-state index contributed by atoms with van der Waals surface area (Å²) in [6.45, 7) is 2.00. The van der Waals surface area contributed by atoms with Gasteiger partial charge in [-0.3, -0.25) is 0 Å². The number of halogens is 1. The van der Waals surface area contributed by atoms with Gasteiger partial charge in [0.1, 0.15) is 0 Å². The lowest BCUT2D eigenvalue weighted by Crippen LogP contribution is -2.12. The lowest BCUT2D eigenvalue weighted by molar-refractivity contribution is 0.236. The predicted octanol–water partition coefficient (Wildman–Crippen LogP) is 1.80. The topological polar surface area (TPSA) is 118 Å². The number of primary sulfonamides is 1. The summed E-state index contributed by atoms with van der Waals surface area (Å²) in [6, 6.07) is 5.98. The predicted molar refractivity (Wildman–Crippen MR) is 90.8 cm³/mol. The molecule has 2 aromatic rings. The van der Waals surface area contributed by atoms with Crippen molar-refractivity contribution in [1.29, 1.82) is 0 Å². The van der Waals surface area contributed by atoms with Crippen LogP contribution < -0.4 is 10.5 Å². The number of nitrogens with zero attached hydrogens (tertiary/aromatic N) is 2. The number of hydrogen-bond acceptors (Lipinski definition) is 6. The number of hydrogen-bond donors (Lipinski definition) is 3. The van der Waals surface area contributed by atoms with Gasteiger partial charge in [-0.25, -0.2) is 23.5 Å². The first kappa shape index (κ1) is 17.8. The molecule has 0 unspecified atom stereocenters. The number of benzene rings is 1. The Labute approximate surface area is 143 Å². The van der Waals surface area contributed by atoms with Gasteiger partial charge in [0.15, 0.2) is 0 Å². The molecule has 1 aromatic carbocycles. The number of rotatable bonds is 6. The molecule has 0 spiro atoms. The van der Waals surface area contributed by atoms with Gasteiger partial charge in [-0.05, 0) is 52.5 Å². The van der Waals surface area contributed by atoms with E-state index in [9.17, 15) is 8.42 Å². The van der Waals surface area contributed by atoms with E-state index in [1.54, 1.807) is 18.3 Å². The number of sulfonamides is 1. The lowest BCUT2D eigenvalue weighted by atomic mass is 10.1. The van der Waals surface area contributed by atoms with E-state index in [1.165, 1.54) is 12.1 Å². The van der Waals surface area contributed by atoms with Crippen LogP contribution in [0.1, 0.15) is 12.6 Å². The molecule has 0 saturated heterocycles. The van der Waals surface area contributed by atoms with E-state index in [0.717, 1.165) is 10.2 Å². The van der Waals surface area contributed by atoms with Gasteiger partial charge in [-0.15, -0.1) is 0 Å². The standard InChI is InChI=1S/C14H17BrN4O3S/c1-9(8-20)6-13-12(15)7-17-14(19-13)18-10-2-4-11(5-3-10)23(16,21)22/h2-5,7,9,20H,6,8H2,1H3,(H2,16,21,22)(H,17,18,19)/t9-/m1/s1. The van der Waals surface area contributed by atoms with E-state index < -0.39 is 10.0 Å². The highest BCUT2D eigenvalue weighted by Gasteiger charge is 2.10. The number of nitrogens with one attached hydrogen (secondary N) is 1. The van der Waals surface area contributed by atoms with E-state index in [-0.39, 0.29) is 17.4 Å². The van der Waals surface area contributed by atoms with Crippen molar-refractivity contribution >= 4 is 37.6 Å². The minimum absolute atomic E-state index is 0.0391. The molecule has 0 amide bonds. The van der Waals surface area contributed by atoms with Gasteiger partial charge in [0, 0.05) is 18.5 Å². The van der Waals surface area contributed by atoms with Crippen molar-refractivity contribution in [2.75, 3.05) is 11.9 Å². The van der Waals surface area contributed by atoms with Crippen LogP contribution in [0.5, 0.6) is 0 Å². The molecule has 1 atom stereocenters. The Balaban J connectivity index is 2.18. The van der Waals surface area contributed by atoms with Crippen LogP contribution in [0.15, 0.2) is 39.8 Å². The zero-order chi connectivity index (χ0) is 17.0. The maximum absolute atomic E-state index is 11.2. The molecule has 0 bridgehead atoms. The molecule has 9 heteroatoms. The number of anilines is 2. The first-order valence-electron chi connectivity index (χ1n) is 6.81. The zero-order valence-electron chi connectivity index (χ0n) is 12.4. The van der Waals surface area contributed by atoms with Crippen molar-refractivity contribution in [3.8, 4) is 0 Å². The summed E-state index contributed by atoms with van der Waals surface area (Å²) in [7, 11) is -3.71. The molecule has 0 fully saturated rings. The molecule has 124 valence electrons. The molecule has 0 saturated carbocycles. The number of aliphatic hydroxyl groups is 1. The highest BCUT2D eigenvalue weighted by Crippen LogP contribution is 2.21. The summed E-state index contributed by atoms with van der Waals surface area (Å²) in [6.07, 6.45) is 2.24. The van der Waals surface area contributed by atoms with Crippen molar-refractivity contribution in [3.63, 3.8) is 0 Å². The van der Waals surface area contributed by atoms with Crippen LogP contribution in [0.3, 0.4) is 0 Å². The summed E-state index contributed by atoms with van der Waals surface area (Å²) in [5.41, 5.74) is 1.42. The second kappa shape index (κ2) is 7.35. The Morgan fingerprint density at radius 3 is 2.57 bits per heavy atom. The molecule has 0 aliphatic heterocycles. The molecule has 1 heterocycles. The van der Waals surface area contributed by atoms with Crippen molar-refractivity contribution in [1.82, 2.24) is 9.97 Å². The second-order valence-corrected chi connectivity index (χ2v) is 7.59. The third-order valence-electron chi connectivity index (χ3n) is 3.11. The van der Waals surface area contributed by atoms with Crippen LogP contribution in [0.4, 0.5) is 11.6 Å². The molecule has 23 heavy (non-hydrogen) atoms. The molecular formula is C14H17BrN4O3S. The smallest absolute Gasteiger partial charge is 0.238 e. The van der Waals surface area contributed by atoms with E-state index in [2.05, 4.69) is 31.2 Å². The second-order valence-electron chi connectivity index (χ2n) is 5.17. The monoisotopic (exact) mass is 400 g/mol. The molecular weight excluding hydrogens is 384 g/mol. The molecule has 0 aliphatic carbocycles. The van der Waals surface area contributed by atoms with Crippen molar-refractivity contribution in [2.24, 2.45) is 11.1 Å². The van der Waals surface area contributed by atoms with E-state index in [0.29, 0.717) is 18.1 Å². The summed E-state index contributed by atoms with van der Waals surface area (Å²) >= 11 is 3.39. The minimum atomic E-state index is -3.71. The fraction of sp³-hybridized carbons (Fsp3) is 0.286. The van der Waals surface area contributed by atoms with Gasteiger partial charge in [0.2, 0.25) is 16.0 Å². The summed E-state index contributed by atoms with van der Waals surface area (Å²) in [4.78, 5) is 8.61. The number of aliphatic hydroxyl groups excluding tert-OH is 1. The highest BCUT2D eigenvalue weighted by atomic mass is 79.9. The van der Waals surface area contributed by atoms with Crippen LogP contribution in [-0.2, 0) is 16.4 Å². The Hall–Kier alpha value is -1.55. The Kier molecular flexibility index (Phi) is 5.69. The molecule has 1 aromatic heterocycles. The Morgan fingerprint density at radius 2 is 2.00 bits per heavy atom. The van der Waals surface area contributed by atoms with Crippen molar-refractivity contribution in [2.45, 2.75) is 18.2 Å². The Morgan fingerprint density at radius 1 is 1.35 bits per heavy atom. The summed E-state index contributed by atoms with van der Waals surface area (Å²) in [5, 5.41) is 17.2. The SMILES string of the molecule is C[C@@H](CO)Cc1nc(Nc2ccc(S(N)(=O)=O)cc2)ncc1Br. The Bertz CT molecular complexity index is 781. The van der Waals surface area contributed by atoms with Gasteiger partial charge in [0.05, 0.1) is 15.1 Å². The first-order valence-corrected chi connectivity index (χ1v) is 9.15. The summed E-state index contributed by atoms with van der Waals surface area (Å²) < 4.78 is 23.2. The summed E-state index contributed by atoms with van der Waals surface area (Å²) in [5.74, 6) is 0.472. The first-order chi connectivity index (χ1) is 10.8. The fourth-order valence-corrected chi connectivity index (χ4v) is 2.73. The molecule has 4 N–H and O–H groups in total. The normalized spacial score (nSPS) is 12.9. The van der Waals surface area contributed by atoms with Crippen LogP contribution in [0, 0.1) is 5.92 Å². The van der Waals surface area contributed by atoms with Gasteiger partial charge < -0.3 is 10.4 Å². The quantitative estimate of drug-likeness (QED) is 0.679. The highest BCUT2D eigenvalue weighted by molar-refractivity contribution is 9.10. The van der Waals surface area contributed by atoms with Gasteiger partial charge in [-0.1, -0.05) is 6.92 Å². The van der Waals surface area contributed by atoms with Crippen molar-refractivity contribution in [3.05, 3.63) is 40.6 Å². The fourth-order valence-electron chi connectivity index (χ4n) is 1.86. The van der Waals surface area contributed by atoms with E-state index in [1.807, 2.05) is 6.92 Å². The molecule has 7 nitrogen and oxygen atoms in total. The third-order valence-corrected chi connectivity index (χ3v) is 4.70. The van der Waals surface area contributed by atoms with Crippen LogP contribution in [0.25, 0.3) is 0 Å². The van der Waals surface area contributed by atoms with E-state index >= 15 is 0 Å². The lowest BCUT2D eigenvalue weighted by Gasteiger charge is -2.11. The molecule has 0 radical (unpaired) electrons. The third kappa shape index (κ3) is 4.96.